The van der Waals surface area contributed by atoms with E-state index >= 15 is 0 Å². The lowest BCUT2D eigenvalue weighted by molar-refractivity contribution is -0.121. The van der Waals surface area contributed by atoms with Crippen molar-refractivity contribution < 1.29 is 13.2 Å². The zero-order valence-electron chi connectivity index (χ0n) is 15.6. The molecule has 1 aromatic carbocycles. The van der Waals surface area contributed by atoms with Crippen LogP contribution in [0.25, 0.3) is 0 Å². The van der Waals surface area contributed by atoms with Gasteiger partial charge >= 0.3 is 0 Å². The summed E-state index contributed by atoms with van der Waals surface area (Å²) in [5.41, 5.74) is 1.10. The number of unbranched alkanes of at least 4 members (excludes halogenated alkanes) is 1. The third-order valence-corrected chi connectivity index (χ3v) is 7.59. The van der Waals surface area contributed by atoms with Crippen molar-refractivity contribution in [2.45, 2.75) is 56.1 Å². The molecule has 2 aromatic rings. The van der Waals surface area contributed by atoms with E-state index in [2.05, 4.69) is 19.2 Å². The molecular formula is C20H27NO3S2. The summed E-state index contributed by atoms with van der Waals surface area (Å²) < 4.78 is 26.4. The number of amides is 1. The van der Waals surface area contributed by atoms with Gasteiger partial charge in [0.15, 0.2) is 9.84 Å². The first-order valence-electron chi connectivity index (χ1n) is 9.00. The van der Waals surface area contributed by atoms with E-state index in [4.69, 9.17) is 0 Å². The highest BCUT2D eigenvalue weighted by molar-refractivity contribution is 7.91. The summed E-state index contributed by atoms with van der Waals surface area (Å²) in [7, 11) is -3.59. The number of carbonyl (C=O) groups excluding carboxylic acids is 1. The van der Waals surface area contributed by atoms with Crippen LogP contribution in [0.4, 0.5) is 0 Å². The van der Waals surface area contributed by atoms with Gasteiger partial charge in [0, 0.05) is 17.8 Å². The molecule has 0 bridgehead atoms. The van der Waals surface area contributed by atoms with Crippen LogP contribution in [0, 0.1) is 0 Å². The van der Waals surface area contributed by atoms with Gasteiger partial charge in [-0.2, -0.15) is 0 Å². The minimum Gasteiger partial charge on any atom is -0.354 e. The monoisotopic (exact) mass is 393 g/mol. The molecule has 0 aliphatic carbocycles. The molecule has 0 aliphatic heterocycles. The standard InChI is InChI=1S/C20H27NO3S2/c1-4-5-8-20(22)21-14-19(18-7-6-13-25-18)26(23,24)17-11-9-16(10-12-17)15(2)3/h6-7,9-13,15,19H,4-5,8,14H2,1-3H3,(H,21,22)/t19-/m1/s1. The molecule has 1 amide bonds. The Kier molecular flexibility index (Phi) is 7.41. The predicted molar refractivity (Wildman–Crippen MR) is 107 cm³/mol. The number of hydrogen-bond donors (Lipinski definition) is 1. The van der Waals surface area contributed by atoms with Crippen LogP contribution in [0.3, 0.4) is 0 Å². The number of benzene rings is 1. The second-order valence-electron chi connectivity index (χ2n) is 6.68. The maximum absolute atomic E-state index is 13.2. The topological polar surface area (TPSA) is 63.2 Å². The Bertz CT molecular complexity index is 794. The Morgan fingerprint density at radius 3 is 2.38 bits per heavy atom. The molecule has 4 nitrogen and oxygen atoms in total. The lowest BCUT2D eigenvalue weighted by atomic mass is 10.0. The van der Waals surface area contributed by atoms with Crippen molar-refractivity contribution in [1.82, 2.24) is 5.32 Å². The molecule has 0 radical (unpaired) electrons. The number of carbonyl (C=O) groups is 1. The zero-order valence-corrected chi connectivity index (χ0v) is 17.2. The molecule has 1 heterocycles. The summed E-state index contributed by atoms with van der Waals surface area (Å²) in [5, 5.41) is 3.89. The normalized spacial score (nSPS) is 12.9. The minimum atomic E-state index is -3.59. The quantitative estimate of drug-likeness (QED) is 0.672. The highest BCUT2D eigenvalue weighted by Gasteiger charge is 2.30. The summed E-state index contributed by atoms with van der Waals surface area (Å²) in [6, 6.07) is 10.7. The van der Waals surface area contributed by atoms with Crippen molar-refractivity contribution in [3.63, 3.8) is 0 Å². The maximum Gasteiger partial charge on any atom is 0.220 e. The number of thiophene rings is 1. The smallest absolute Gasteiger partial charge is 0.220 e. The van der Waals surface area contributed by atoms with E-state index in [1.165, 1.54) is 11.3 Å². The lowest BCUT2D eigenvalue weighted by Crippen LogP contribution is -2.31. The number of sulfone groups is 1. The lowest BCUT2D eigenvalue weighted by Gasteiger charge is -2.18. The van der Waals surface area contributed by atoms with Crippen molar-refractivity contribution in [1.29, 1.82) is 0 Å². The fourth-order valence-electron chi connectivity index (χ4n) is 2.68. The van der Waals surface area contributed by atoms with Crippen LogP contribution in [0.1, 0.15) is 61.6 Å². The van der Waals surface area contributed by atoms with E-state index in [1.807, 2.05) is 36.6 Å². The Labute approximate surface area is 160 Å². The molecule has 142 valence electrons. The van der Waals surface area contributed by atoms with Crippen LogP contribution in [0.2, 0.25) is 0 Å². The molecule has 0 spiro atoms. The summed E-state index contributed by atoms with van der Waals surface area (Å²) in [4.78, 5) is 13.0. The second-order valence-corrected chi connectivity index (χ2v) is 9.79. The first kappa shape index (κ1) is 20.6. The number of nitrogens with one attached hydrogen (secondary N) is 1. The molecule has 1 N–H and O–H groups in total. The second kappa shape index (κ2) is 9.33. The highest BCUT2D eigenvalue weighted by atomic mass is 32.2. The van der Waals surface area contributed by atoms with E-state index in [0.29, 0.717) is 17.2 Å². The molecule has 0 fully saturated rings. The van der Waals surface area contributed by atoms with Crippen LogP contribution in [-0.2, 0) is 14.6 Å². The molecule has 6 heteroatoms. The van der Waals surface area contributed by atoms with Crippen molar-refractivity contribution in [2.75, 3.05) is 6.54 Å². The van der Waals surface area contributed by atoms with Crippen LogP contribution in [-0.4, -0.2) is 20.9 Å². The molecule has 1 aromatic heterocycles. The summed E-state index contributed by atoms with van der Waals surface area (Å²) in [5.74, 6) is 0.247. The van der Waals surface area contributed by atoms with Gasteiger partial charge in [-0.3, -0.25) is 4.79 Å². The van der Waals surface area contributed by atoms with Gasteiger partial charge in [-0.15, -0.1) is 11.3 Å². The molecule has 0 saturated carbocycles. The van der Waals surface area contributed by atoms with E-state index < -0.39 is 15.1 Å². The van der Waals surface area contributed by atoms with E-state index in [1.54, 1.807) is 12.1 Å². The fraction of sp³-hybridized carbons (Fsp3) is 0.450. The number of rotatable bonds is 9. The Morgan fingerprint density at radius 2 is 1.85 bits per heavy atom. The van der Waals surface area contributed by atoms with Gasteiger partial charge in [0.25, 0.3) is 0 Å². The maximum atomic E-state index is 13.2. The first-order chi connectivity index (χ1) is 12.4. The van der Waals surface area contributed by atoms with Gasteiger partial charge in [0.2, 0.25) is 5.91 Å². The van der Waals surface area contributed by atoms with Crippen LogP contribution >= 0.6 is 11.3 Å². The van der Waals surface area contributed by atoms with Gasteiger partial charge < -0.3 is 5.32 Å². The highest BCUT2D eigenvalue weighted by Crippen LogP contribution is 2.32. The molecule has 0 unspecified atom stereocenters. The van der Waals surface area contributed by atoms with Gasteiger partial charge in [-0.1, -0.05) is 45.4 Å². The van der Waals surface area contributed by atoms with Crippen LogP contribution < -0.4 is 5.32 Å². The van der Waals surface area contributed by atoms with Crippen molar-refractivity contribution >= 4 is 27.1 Å². The van der Waals surface area contributed by atoms with E-state index in [-0.39, 0.29) is 12.5 Å². The Balaban J connectivity index is 2.24. The number of hydrogen-bond acceptors (Lipinski definition) is 4. The average molecular weight is 394 g/mol. The van der Waals surface area contributed by atoms with Gasteiger partial charge in [0.1, 0.15) is 5.25 Å². The Hall–Kier alpha value is -1.66. The predicted octanol–water partition coefficient (Wildman–Crippen LogP) is 4.69. The fourth-order valence-corrected chi connectivity index (χ4v) is 5.46. The van der Waals surface area contributed by atoms with Crippen molar-refractivity contribution in [3.05, 3.63) is 52.2 Å². The molecular weight excluding hydrogens is 366 g/mol. The van der Waals surface area contributed by atoms with Crippen molar-refractivity contribution in [3.8, 4) is 0 Å². The first-order valence-corrected chi connectivity index (χ1v) is 11.4. The molecule has 1 atom stereocenters. The van der Waals surface area contributed by atoms with Crippen molar-refractivity contribution in [2.24, 2.45) is 0 Å². The van der Waals surface area contributed by atoms with Gasteiger partial charge in [-0.25, -0.2) is 8.42 Å². The summed E-state index contributed by atoms with van der Waals surface area (Å²) in [6.07, 6.45) is 2.16. The van der Waals surface area contributed by atoms with Gasteiger partial charge in [0.05, 0.1) is 4.90 Å². The van der Waals surface area contributed by atoms with Crippen LogP contribution in [0.15, 0.2) is 46.7 Å². The van der Waals surface area contributed by atoms with E-state index in [9.17, 15) is 13.2 Å². The average Bonchev–Trinajstić information content (AvgIpc) is 3.14. The third kappa shape index (κ3) is 5.17. The largest absolute Gasteiger partial charge is 0.354 e. The molecule has 0 aliphatic rings. The summed E-state index contributed by atoms with van der Waals surface area (Å²) in [6.45, 7) is 6.26. The minimum absolute atomic E-state index is 0.0946. The molecule has 2 rings (SSSR count). The Morgan fingerprint density at radius 1 is 1.15 bits per heavy atom. The van der Waals surface area contributed by atoms with Gasteiger partial charge in [-0.05, 0) is 41.5 Å². The van der Waals surface area contributed by atoms with Crippen LogP contribution in [0.5, 0.6) is 0 Å². The summed E-state index contributed by atoms with van der Waals surface area (Å²) >= 11 is 1.40. The third-order valence-electron chi connectivity index (χ3n) is 4.35. The molecule has 0 saturated heterocycles. The van der Waals surface area contributed by atoms with E-state index in [0.717, 1.165) is 23.3 Å². The molecule has 26 heavy (non-hydrogen) atoms. The SMILES string of the molecule is CCCCC(=O)NC[C@H](c1cccs1)S(=O)(=O)c1ccc(C(C)C)cc1. The zero-order chi connectivity index (χ0) is 19.2.